The Morgan fingerprint density at radius 3 is 2.47 bits per heavy atom. The minimum absolute atomic E-state index is 0.0234. The molecule has 0 fully saturated rings. The summed E-state index contributed by atoms with van der Waals surface area (Å²) in [5, 5.41) is 7.25. The molecule has 1 heterocycles. The summed E-state index contributed by atoms with van der Waals surface area (Å²) in [5.74, 6) is 0.829. The van der Waals surface area contributed by atoms with Crippen molar-refractivity contribution in [3.63, 3.8) is 0 Å². The van der Waals surface area contributed by atoms with E-state index in [1.807, 2.05) is 20.9 Å². The molecule has 0 aliphatic carbocycles. The summed E-state index contributed by atoms with van der Waals surface area (Å²) in [4.78, 5) is 12.1. The predicted octanol–water partition coefficient (Wildman–Crippen LogP) is 1.99. The van der Waals surface area contributed by atoms with Gasteiger partial charge in [0.2, 0.25) is 5.91 Å². The van der Waals surface area contributed by atoms with Gasteiger partial charge in [-0.3, -0.25) is 9.48 Å². The Bertz CT molecular complexity index is 437. The smallest absolute Gasteiger partial charge is 0.224 e. The van der Waals surface area contributed by atoms with Gasteiger partial charge in [0.15, 0.2) is 0 Å². The first-order chi connectivity index (χ1) is 8.85. The van der Waals surface area contributed by atoms with Crippen molar-refractivity contribution < 1.29 is 4.79 Å². The summed E-state index contributed by atoms with van der Waals surface area (Å²) < 4.78 is 1.78. The van der Waals surface area contributed by atoms with E-state index in [-0.39, 0.29) is 11.8 Å². The number of anilines is 1. The third kappa shape index (κ3) is 4.35. The summed E-state index contributed by atoms with van der Waals surface area (Å²) in [5.41, 5.74) is 8.38. The Morgan fingerprint density at radius 2 is 2.05 bits per heavy atom. The van der Waals surface area contributed by atoms with Crippen LogP contribution in [0.1, 0.15) is 38.1 Å². The van der Waals surface area contributed by atoms with Crippen LogP contribution in [0, 0.1) is 25.7 Å². The van der Waals surface area contributed by atoms with Crippen LogP contribution < -0.4 is 11.1 Å². The fourth-order valence-corrected chi connectivity index (χ4v) is 2.34. The number of carbonyl (C=O) groups excluding carboxylic acids is 1. The molecule has 0 bridgehead atoms. The van der Waals surface area contributed by atoms with Crippen LogP contribution >= 0.6 is 0 Å². The number of hydrogen-bond donors (Lipinski definition) is 2. The lowest BCUT2D eigenvalue weighted by Crippen LogP contribution is -2.23. The lowest BCUT2D eigenvalue weighted by atomic mass is 9.94. The third-order valence-corrected chi connectivity index (χ3v) is 3.39. The molecule has 0 saturated heterocycles. The fraction of sp³-hybridized carbons (Fsp3) is 0.714. The first kappa shape index (κ1) is 15.7. The van der Waals surface area contributed by atoms with E-state index < -0.39 is 0 Å². The molecule has 0 aliphatic rings. The second kappa shape index (κ2) is 6.70. The van der Waals surface area contributed by atoms with Gasteiger partial charge < -0.3 is 11.1 Å². The number of aryl methyl sites for hydroxylation is 2. The molecule has 0 aromatic carbocycles. The van der Waals surface area contributed by atoms with Crippen LogP contribution in [0.4, 0.5) is 5.69 Å². The van der Waals surface area contributed by atoms with Crippen molar-refractivity contribution in [2.45, 2.75) is 40.5 Å². The van der Waals surface area contributed by atoms with Gasteiger partial charge in [-0.1, -0.05) is 13.8 Å². The molecule has 0 radical (unpaired) electrons. The molecule has 1 atom stereocenters. The van der Waals surface area contributed by atoms with E-state index in [0.29, 0.717) is 18.9 Å². The number of hydrogen-bond acceptors (Lipinski definition) is 3. The molecule has 5 heteroatoms. The highest BCUT2D eigenvalue weighted by atomic mass is 16.1. The Hall–Kier alpha value is -1.36. The number of nitrogens with zero attached hydrogens (tertiary/aromatic N) is 2. The van der Waals surface area contributed by atoms with Gasteiger partial charge in [-0.25, -0.2) is 0 Å². The summed E-state index contributed by atoms with van der Waals surface area (Å²) in [6.07, 6.45) is 1.46. The molecule has 1 aromatic rings. The van der Waals surface area contributed by atoms with Gasteiger partial charge in [-0.15, -0.1) is 0 Å². The van der Waals surface area contributed by atoms with Gasteiger partial charge in [-0.2, -0.15) is 5.10 Å². The second-order valence-corrected chi connectivity index (χ2v) is 5.65. The van der Waals surface area contributed by atoms with E-state index in [1.54, 1.807) is 4.68 Å². The zero-order chi connectivity index (χ0) is 14.6. The molecular formula is C14H26N4O. The first-order valence-electron chi connectivity index (χ1n) is 6.85. The predicted molar refractivity (Wildman–Crippen MR) is 77.9 cm³/mol. The molecule has 1 unspecified atom stereocenters. The van der Waals surface area contributed by atoms with Crippen LogP contribution in [-0.2, 0) is 11.8 Å². The molecule has 1 rings (SSSR count). The highest BCUT2D eigenvalue weighted by Gasteiger charge is 2.17. The molecule has 0 saturated carbocycles. The van der Waals surface area contributed by atoms with Crippen molar-refractivity contribution in [2.75, 3.05) is 11.9 Å². The Kier molecular flexibility index (Phi) is 5.54. The van der Waals surface area contributed by atoms with Gasteiger partial charge in [0, 0.05) is 13.5 Å². The van der Waals surface area contributed by atoms with Crippen LogP contribution in [0.25, 0.3) is 0 Å². The van der Waals surface area contributed by atoms with Gasteiger partial charge in [0.05, 0.1) is 17.1 Å². The quantitative estimate of drug-likeness (QED) is 0.827. The SMILES string of the molecule is Cc1nn(C)c(C)c1NC(=O)CC(CN)CC(C)C. The van der Waals surface area contributed by atoms with E-state index in [9.17, 15) is 4.79 Å². The summed E-state index contributed by atoms with van der Waals surface area (Å²) in [7, 11) is 1.87. The van der Waals surface area contributed by atoms with Gasteiger partial charge in [-0.05, 0) is 38.6 Å². The van der Waals surface area contributed by atoms with Crippen LogP contribution in [-0.4, -0.2) is 22.2 Å². The maximum absolute atomic E-state index is 12.1. The number of carbonyl (C=O) groups is 1. The highest BCUT2D eigenvalue weighted by Crippen LogP contribution is 2.20. The Morgan fingerprint density at radius 1 is 1.42 bits per heavy atom. The topological polar surface area (TPSA) is 72.9 Å². The van der Waals surface area contributed by atoms with Crippen molar-refractivity contribution in [1.82, 2.24) is 9.78 Å². The van der Waals surface area contributed by atoms with Crippen LogP contribution in [0.3, 0.4) is 0 Å². The third-order valence-electron chi connectivity index (χ3n) is 3.39. The zero-order valence-electron chi connectivity index (χ0n) is 12.7. The summed E-state index contributed by atoms with van der Waals surface area (Å²) in [6.45, 7) is 8.70. The standard InChI is InChI=1S/C14H26N4O/c1-9(2)6-12(8-15)7-13(19)16-14-10(3)17-18(5)11(14)4/h9,12H,6-8,15H2,1-5H3,(H,16,19). The molecule has 0 aliphatic heterocycles. The zero-order valence-corrected chi connectivity index (χ0v) is 12.7. The molecule has 108 valence electrons. The number of amides is 1. The molecule has 19 heavy (non-hydrogen) atoms. The molecule has 5 nitrogen and oxygen atoms in total. The van der Waals surface area contributed by atoms with Crippen molar-refractivity contribution in [3.8, 4) is 0 Å². The minimum atomic E-state index is 0.0234. The first-order valence-corrected chi connectivity index (χ1v) is 6.85. The highest BCUT2D eigenvalue weighted by molar-refractivity contribution is 5.92. The average molecular weight is 266 g/mol. The summed E-state index contributed by atoms with van der Waals surface area (Å²) >= 11 is 0. The van der Waals surface area contributed by atoms with Gasteiger partial charge >= 0.3 is 0 Å². The Balaban J connectivity index is 2.64. The molecule has 1 aromatic heterocycles. The maximum atomic E-state index is 12.1. The van der Waals surface area contributed by atoms with Gasteiger partial charge in [0.25, 0.3) is 0 Å². The van der Waals surface area contributed by atoms with Crippen LogP contribution in [0.2, 0.25) is 0 Å². The van der Waals surface area contributed by atoms with Crippen molar-refractivity contribution in [3.05, 3.63) is 11.4 Å². The average Bonchev–Trinajstić information content (AvgIpc) is 2.54. The van der Waals surface area contributed by atoms with E-state index in [1.165, 1.54) is 0 Å². The van der Waals surface area contributed by atoms with Crippen molar-refractivity contribution in [1.29, 1.82) is 0 Å². The van der Waals surface area contributed by atoms with E-state index in [0.717, 1.165) is 23.5 Å². The van der Waals surface area contributed by atoms with Crippen molar-refractivity contribution in [2.24, 2.45) is 24.6 Å². The number of nitrogens with two attached hydrogens (primary N) is 1. The molecular weight excluding hydrogens is 240 g/mol. The van der Waals surface area contributed by atoms with Crippen LogP contribution in [0.15, 0.2) is 0 Å². The molecule has 1 amide bonds. The van der Waals surface area contributed by atoms with E-state index in [4.69, 9.17) is 5.73 Å². The number of rotatable bonds is 6. The molecule has 0 spiro atoms. The van der Waals surface area contributed by atoms with Crippen molar-refractivity contribution >= 4 is 11.6 Å². The summed E-state index contributed by atoms with van der Waals surface area (Å²) in [6, 6.07) is 0. The second-order valence-electron chi connectivity index (χ2n) is 5.65. The monoisotopic (exact) mass is 266 g/mol. The van der Waals surface area contributed by atoms with Gasteiger partial charge in [0.1, 0.15) is 0 Å². The number of nitrogens with one attached hydrogen (secondary N) is 1. The Labute approximate surface area is 115 Å². The fourth-order valence-electron chi connectivity index (χ4n) is 2.34. The van der Waals surface area contributed by atoms with E-state index >= 15 is 0 Å². The largest absolute Gasteiger partial charge is 0.330 e. The maximum Gasteiger partial charge on any atom is 0.224 e. The minimum Gasteiger partial charge on any atom is -0.330 e. The lowest BCUT2D eigenvalue weighted by molar-refractivity contribution is -0.117. The lowest BCUT2D eigenvalue weighted by Gasteiger charge is -2.16. The molecule has 3 N–H and O–H groups in total. The normalized spacial score (nSPS) is 12.8. The van der Waals surface area contributed by atoms with Crippen LogP contribution in [0.5, 0.6) is 0 Å². The van der Waals surface area contributed by atoms with E-state index in [2.05, 4.69) is 24.3 Å². The number of aromatic nitrogens is 2.